The van der Waals surface area contributed by atoms with Gasteiger partial charge in [-0.3, -0.25) is 4.79 Å². The van der Waals surface area contributed by atoms with Crippen molar-refractivity contribution < 1.29 is 4.79 Å². The van der Waals surface area contributed by atoms with Crippen LogP contribution in [0.5, 0.6) is 0 Å². The monoisotopic (exact) mass is 275 g/mol. The zero-order valence-corrected chi connectivity index (χ0v) is 11.5. The molecule has 0 saturated heterocycles. The number of rotatable bonds is 3. The normalized spacial score (nSPS) is 10.3. The minimum absolute atomic E-state index is 0.115. The van der Waals surface area contributed by atoms with E-state index in [0.717, 1.165) is 16.7 Å². The van der Waals surface area contributed by atoms with Crippen LogP contribution in [-0.4, -0.2) is 15.9 Å². The third-order valence-electron chi connectivity index (χ3n) is 2.75. The quantitative estimate of drug-likeness (QED) is 0.876. The van der Waals surface area contributed by atoms with Crippen molar-refractivity contribution in [1.29, 1.82) is 0 Å². The molecule has 2 rings (SSSR count). The van der Waals surface area contributed by atoms with E-state index < -0.39 is 0 Å². The molecule has 0 fully saturated rings. The molecule has 19 heavy (non-hydrogen) atoms. The fourth-order valence-corrected chi connectivity index (χ4v) is 1.90. The van der Waals surface area contributed by atoms with Gasteiger partial charge in [0.05, 0.1) is 6.42 Å². The van der Waals surface area contributed by atoms with E-state index in [2.05, 4.69) is 15.3 Å². The second-order valence-corrected chi connectivity index (χ2v) is 4.70. The molecule has 1 amide bonds. The summed E-state index contributed by atoms with van der Waals surface area (Å²) < 4.78 is 0. The summed E-state index contributed by atoms with van der Waals surface area (Å²) in [6.45, 7) is 3.99. The van der Waals surface area contributed by atoms with E-state index in [1.54, 1.807) is 6.07 Å². The fraction of sp³-hybridized carbons (Fsp3) is 0.214. The Bertz CT molecular complexity index is 613. The highest BCUT2D eigenvalue weighted by Crippen LogP contribution is 2.12. The highest BCUT2D eigenvalue weighted by Gasteiger charge is 2.07. The van der Waals surface area contributed by atoms with Crippen molar-refractivity contribution in [2.45, 2.75) is 20.3 Å². The molecule has 1 aromatic heterocycles. The van der Waals surface area contributed by atoms with Crippen LogP contribution in [0.25, 0.3) is 0 Å². The van der Waals surface area contributed by atoms with Crippen LogP contribution in [-0.2, 0) is 11.2 Å². The Morgan fingerprint density at radius 2 is 2.11 bits per heavy atom. The van der Waals surface area contributed by atoms with Crippen LogP contribution in [0, 0.1) is 13.8 Å². The highest BCUT2D eigenvalue weighted by atomic mass is 35.5. The summed E-state index contributed by atoms with van der Waals surface area (Å²) in [7, 11) is 0. The van der Waals surface area contributed by atoms with Gasteiger partial charge in [-0.2, -0.15) is 0 Å². The lowest BCUT2D eigenvalue weighted by molar-refractivity contribution is -0.115. The van der Waals surface area contributed by atoms with E-state index in [-0.39, 0.29) is 11.2 Å². The molecule has 1 heterocycles. The number of aromatic nitrogens is 2. The van der Waals surface area contributed by atoms with Gasteiger partial charge in [0.15, 0.2) is 0 Å². The SMILES string of the molecule is Cc1ccc(C)c(CC(=O)Nc2ccnc(Cl)n2)c1. The first-order valence-corrected chi connectivity index (χ1v) is 6.27. The molecule has 1 aromatic carbocycles. The summed E-state index contributed by atoms with van der Waals surface area (Å²) in [5.41, 5.74) is 3.25. The number of hydrogen-bond acceptors (Lipinski definition) is 3. The maximum absolute atomic E-state index is 11.9. The Labute approximate surface area is 116 Å². The number of anilines is 1. The van der Waals surface area contributed by atoms with Gasteiger partial charge >= 0.3 is 0 Å². The molecule has 0 aliphatic rings. The highest BCUT2D eigenvalue weighted by molar-refractivity contribution is 6.28. The molecular weight excluding hydrogens is 262 g/mol. The number of halogens is 1. The number of carbonyl (C=O) groups is 1. The van der Waals surface area contributed by atoms with Crippen molar-refractivity contribution in [2.24, 2.45) is 0 Å². The number of amides is 1. The molecule has 0 radical (unpaired) electrons. The zero-order chi connectivity index (χ0) is 13.8. The molecule has 0 atom stereocenters. The van der Waals surface area contributed by atoms with Crippen LogP contribution in [0.4, 0.5) is 5.82 Å². The summed E-state index contributed by atoms with van der Waals surface area (Å²) in [6.07, 6.45) is 1.82. The lowest BCUT2D eigenvalue weighted by Crippen LogP contribution is -2.16. The molecule has 98 valence electrons. The van der Waals surface area contributed by atoms with Crippen LogP contribution in [0.3, 0.4) is 0 Å². The van der Waals surface area contributed by atoms with E-state index in [9.17, 15) is 4.79 Å². The number of benzene rings is 1. The average Bonchev–Trinajstić information content (AvgIpc) is 2.34. The van der Waals surface area contributed by atoms with Gasteiger partial charge in [-0.15, -0.1) is 0 Å². The molecule has 0 unspecified atom stereocenters. The Balaban J connectivity index is 2.07. The first kappa shape index (κ1) is 13.5. The molecule has 1 N–H and O–H groups in total. The second kappa shape index (κ2) is 5.80. The summed E-state index contributed by atoms with van der Waals surface area (Å²) in [5.74, 6) is 0.291. The Hall–Kier alpha value is -1.94. The van der Waals surface area contributed by atoms with Crippen LogP contribution in [0.15, 0.2) is 30.5 Å². The van der Waals surface area contributed by atoms with E-state index in [1.165, 1.54) is 6.20 Å². The molecular formula is C14H14ClN3O. The van der Waals surface area contributed by atoms with Crippen LogP contribution < -0.4 is 5.32 Å². The topological polar surface area (TPSA) is 54.9 Å². The van der Waals surface area contributed by atoms with Crippen molar-refractivity contribution in [3.63, 3.8) is 0 Å². The van der Waals surface area contributed by atoms with Crippen LogP contribution in [0.2, 0.25) is 5.28 Å². The van der Waals surface area contributed by atoms with Gasteiger partial charge in [-0.1, -0.05) is 23.8 Å². The summed E-state index contributed by atoms with van der Waals surface area (Å²) in [5, 5.41) is 2.82. The lowest BCUT2D eigenvalue weighted by Gasteiger charge is -2.08. The minimum Gasteiger partial charge on any atom is -0.310 e. The standard InChI is InChI=1S/C14H14ClN3O/c1-9-3-4-10(2)11(7-9)8-13(19)17-12-5-6-16-14(15)18-12/h3-7H,8H2,1-2H3,(H,16,17,18,19). The van der Waals surface area contributed by atoms with Gasteiger partial charge in [-0.25, -0.2) is 9.97 Å². The predicted molar refractivity (Wildman–Crippen MR) is 75.3 cm³/mol. The Kier molecular flexibility index (Phi) is 4.12. The zero-order valence-electron chi connectivity index (χ0n) is 10.8. The first-order valence-electron chi connectivity index (χ1n) is 5.89. The summed E-state index contributed by atoms with van der Waals surface area (Å²) in [6, 6.07) is 7.66. The summed E-state index contributed by atoms with van der Waals surface area (Å²) >= 11 is 5.66. The van der Waals surface area contributed by atoms with Gasteiger partial charge < -0.3 is 5.32 Å². The number of nitrogens with one attached hydrogen (secondary N) is 1. The van der Waals surface area contributed by atoms with E-state index in [4.69, 9.17) is 11.6 Å². The molecule has 5 heteroatoms. The number of hydrogen-bond donors (Lipinski definition) is 1. The minimum atomic E-state index is -0.122. The van der Waals surface area contributed by atoms with Crippen LogP contribution in [0.1, 0.15) is 16.7 Å². The molecule has 2 aromatic rings. The first-order chi connectivity index (χ1) is 9.04. The maximum atomic E-state index is 11.9. The number of aryl methyl sites for hydroxylation is 2. The lowest BCUT2D eigenvalue weighted by atomic mass is 10.0. The van der Waals surface area contributed by atoms with Gasteiger partial charge in [-0.05, 0) is 42.6 Å². The Morgan fingerprint density at radius 3 is 2.84 bits per heavy atom. The van der Waals surface area contributed by atoms with Crippen LogP contribution >= 0.6 is 11.6 Å². The van der Waals surface area contributed by atoms with Crippen molar-refractivity contribution in [2.75, 3.05) is 5.32 Å². The largest absolute Gasteiger partial charge is 0.310 e. The third-order valence-corrected chi connectivity index (χ3v) is 2.93. The predicted octanol–water partition coefficient (Wildman–Crippen LogP) is 2.93. The van der Waals surface area contributed by atoms with Gasteiger partial charge in [0, 0.05) is 6.20 Å². The van der Waals surface area contributed by atoms with Gasteiger partial charge in [0.2, 0.25) is 11.2 Å². The van der Waals surface area contributed by atoms with E-state index in [1.807, 2.05) is 32.0 Å². The van der Waals surface area contributed by atoms with Crippen molar-refractivity contribution >= 4 is 23.3 Å². The van der Waals surface area contributed by atoms with E-state index in [0.29, 0.717) is 12.2 Å². The molecule has 0 spiro atoms. The molecule has 0 aliphatic carbocycles. The van der Waals surface area contributed by atoms with Crippen molar-refractivity contribution in [3.8, 4) is 0 Å². The van der Waals surface area contributed by atoms with Gasteiger partial charge in [0.25, 0.3) is 0 Å². The third kappa shape index (κ3) is 3.76. The maximum Gasteiger partial charge on any atom is 0.229 e. The van der Waals surface area contributed by atoms with Crippen molar-refractivity contribution in [3.05, 3.63) is 52.4 Å². The average molecular weight is 276 g/mol. The molecule has 4 nitrogen and oxygen atoms in total. The smallest absolute Gasteiger partial charge is 0.229 e. The van der Waals surface area contributed by atoms with Gasteiger partial charge in [0.1, 0.15) is 5.82 Å². The van der Waals surface area contributed by atoms with E-state index >= 15 is 0 Å². The number of nitrogens with zero attached hydrogens (tertiary/aromatic N) is 2. The number of carbonyl (C=O) groups excluding carboxylic acids is 1. The summed E-state index contributed by atoms with van der Waals surface area (Å²) in [4.78, 5) is 19.6. The fourth-order valence-electron chi connectivity index (χ4n) is 1.76. The van der Waals surface area contributed by atoms with Crippen molar-refractivity contribution in [1.82, 2.24) is 9.97 Å². The molecule has 0 aliphatic heterocycles. The molecule has 0 bridgehead atoms. The molecule has 0 saturated carbocycles. The second-order valence-electron chi connectivity index (χ2n) is 4.37. The Morgan fingerprint density at radius 1 is 1.32 bits per heavy atom.